The van der Waals surface area contributed by atoms with Gasteiger partial charge in [0.25, 0.3) is 0 Å². The van der Waals surface area contributed by atoms with Gasteiger partial charge in [-0.3, -0.25) is 9.69 Å². The summed E-state index contributed by atoms with van der Waals surface area (Å²) in [7, 11) is 3.18. The summed E-state index contributed by atoms with van der Waals surface area (Å²) in [4.78, 5) is 19.1. The maximum Gasteiger partial charge on any atom is 0.225 e. The summed E-state index contributed by atoms with van der Waals surface area (Å²) in [6.45, 7) is 1.75. The Morgan fingerprint density at radius 2 is 2.28 bits per heavy atom. The van der Waals surface area contributed by atoms with Gasteiger partial charge in [0.1, 0.15) is 16.5 Å². The number of hydrogen-bond acceptors (Lipinski definition) is 6. The third-order valence-electron chi connectivity index (χ3n) is 4.41. The van der Waals surface area contributed by atoms with E-state index >= 15 is 0 Å². The molecule has 1 amide bonds. The Bertz CT molecular complexity index is 706. The fourth-order valence-electron chi connectivity index (χ4n) is 3.13. The molecular weight excluding hydrogens is 338 g/mol. The lowest BCUT2D eigenvalue weighted by Gasteiger charge is -2.22. The second-order valence-corrected chi connectivity index (χ2v) is 6.85. The molecule has 1 aliphatic heterocycles. The van der Waals surface area contributed by atoms with Gasteiger partial charge in [-0.15, -0.1) is 11.3 Å². The monoisotopic (exact) mass is 361 g/mol. The number of aromatic nitrogens is 1. The molecule has 1 fully saturated rings. The Hall–Kier alpha value is -2.12. The first-order valence-corrected chi connectivity index (χ1v) is 9.24. The minimum absolute atomic E-state index is 0.0201. The molecule has 25 heavy (non-hydrogen) atoms. The van der Waals surface area contributed by atoms with E-state index in [1.165, 1.54) is 0 Å². The zero-order valence-corrected chi connectivity index (χ0v) is 15.3. The van der Waals surface area contributed by atoms with Crippen molar-refractivity contribution in [3.8, 4) is 11.5 Å². The number of carbonyl (C=O) groups is 1. The number of hydrogen-bond donors (Lipinski definition) is 1. The molecule has 6 nitrogen and oxygen atoms in total. The molecule has 1 aromatic carbocycles. The van der Waals surface area contributed by atoms with Crippen LogP contribution in [0.15, 0.2) is 29.8 Å². The number of carbonyl (C=O) groups excluding carboxylic acids is 1. The largest absolute Gasteiger partial charge is 0.497 e. The van der Waals surface area contributed by atoms with E-state index in [0.717, 1.165) is 30.9 Å². The normalized spacial score (nSPS) is 17.4. The van der Waals surface area contributed by atoms with Crippen molar-refractivity contribution in [1.29, 1.82) is 0 Å². The van der Waals surface area contributed by atoms with Crippen LogP contribution in [0.25, 0.3) is 0 Å². The van der Waals surface area contributed by atoms with Gasteiger partial charge >= 0.3 is 0 Å². The van der Waals surface area contributed by atoms with E-state index in [4.69, 9.17) is 9.47 Å². The molecule has 0 saturated carbocycles. The first-order chi connectivity index (χ1) is 12.2. The number of likely N-dealkylation sites (tertiary alicyclic amines) is 1. The van der Waals surface area contributed by atoms with E-state index in [-0.39, 0.29) is 5.91 Å². The first-order valence-electron chi connectivity index (χ1n) is 8.36. The van der Waals surface area contributed by atoms with E-state index in [2.05, 4.69) is 15.2 Å². The van der Waals surface area contributed by atoms with Crippen LogP contribution < -0.4 is 14.8 Å². The van der Waals surface area contributed by atoms with Crippen LogP contribution in [0, 0.1) is 0 Å². The maximum absolute atomic E-state index is 12.3. The Morgan fingerprint density at radius 3 is 3.00 bits per heavy atom. The molecule has 7 heteroatoms. The van der Waals surface area contributed by atoms with Crippen molar-refractivity contribution in [2.45, 2.75) is 25.3 Å². The van der Waals surface area contributed by atoms with E-state index in [1.54, 1.807) is 43.8 Å². The Kier molecular flexibility index (Phi) is 5.88. The van der Waals surface area contributed by atoms with Crippen LogP contribution in [0.2, 0.25) is 0 Å². The highest BCUT2D eigenvalue weighted by atomic mass is 32.1. The molecule has 3 rings (SSSR count). The summed E-state index contributed by atoms with van der Waals surface area (Å²) in [6, 6.07) is 5.71. The summed E-state index contributed by atoms with van der Waals surface area (Å²) in [6.07, 6.45) is 4.55. The number of rotatable bonds is 7. The summed E-state index contributed by atoms with van der Waals surface area (Å²) >= 11 is 1.69. The van der Waals surface area contributed by atoms with Gasteiger partial charge in [0.15, 0.2) is 0 Å². The lowest BCUT2D eigenvalue weighted by molar-refractivity contribution is -0.116. The average Bonchev–Trinajstić information content (AvgIpc) is 3.31. The van der Waals surface area contributed by atoms with Gasteiger partial charge in [-0.25, -0.2) is 4.98 Å². The highest BCUT2D eigenvalue weighted by Crippen LogP contribution is 2.33. The van der Waals surface area contributed by atoms with Gasteiger partial charge in [-0.05, 0) is 31.5 Å². The Labute approximate surface area is 151 Å². The molecule has 1 aliphatic rings. The second-order valence-electron chi connectivity index (χ2n) is 5.93. The minimum Gasteiger partial charge on any atom is -0.497 e. The number of ether oxygens (including phenoxy) is 2. The van der Waals surface area contributed by atoms with Gasteiger partial charge in [-0.1, -0.05) is 0 Å². The molecular formula is C18H23N3O3S. The van der Waals surface area contributed by atoms with Crippen LogP contribution in [0.1, 0.15) is 30.3 Å². The van der Waals surface area contributed by atoms with Crippen molar-refractivity contribution >= 4 is 22.9 Å². The Balaban J connectivity index is 1.56. The standard InChI is InChI=1S/C18H23N3O3S/c1-23-13-5-6-14(16(12-13)24-2)20-17(22)7-10-21-9-3-4-15(21)18-19-8-11-25-18/h5-6,8,11-12,15H,3-4,7,9-10H2,1-2H3,(H,20,22). The van der Waals surface area contributed by atoms with Crippen LogP contribution in [0.5, 0.6) is 11.5 Å². The van der Waals surface area contributed by atoms with Crippen LogP contribution >= 0.6 is 11.3 Å². The third kappa shape index (κ3) is 4.29. The highest BCUT2D eigenvalue weighted by Gasteiger charge is 2.27. The fraction of sp³-hybridized carbons (Fsp3) is 0.444. The lowest BCUT2D eigenvalue weighted by Crippen LogP contribution is -2.27. The predicted octanol–water partition coefficient (Wildman–Crippen LogP) is 3.33. The number of amides is 1. The zero-order valence-electron chi connectivity index (χ0n) is 14.5. The van der Waals surface area contributed by atoms with Gasteiger partial charge in [0.2, 0.25) is 5.91 Å². The molecule has 1 N–H and O–H groups in total. The van der Waals surface area contributed by atoms with Crippen molar-refractivity contribution < 1.29 is 14.3 Å². The van der Waals surface area contributed by atoms with Crippen molar-refractivity contribution in [2.75, 3.05) is 32.6 Å². The van der Waals surface area contributed by atoms with Gasteiger partial charge in [-0.2, -0.15) is 0 Å². The van der Waals surface area contributed by atoms with Crippen molar-refractivity contribution in [3.05, 3.63) is 34.8 Å². The average molecular weight is 361 g/mol. The van der Waals surface area contributed by atoms with Crippen molar-refractivity contribution in [3.63, 3.8) is 0 Å². The molecule has 0 aliphatic carbocycles. The minimum atomic E-state index is -0.0201. The van der Waals surface area contributed by atoms with Crippen LogP contribution in [-0.4, -0.2) is 43.1 Å². The number of nitrogens with zero attached hydrogens (tertiary/aromatic N) is 2. The van der Waals surface area contributed by atoms with E-state index < -0.39 is 0 Å². The third-order valence-corrected chi connectivity index (χ3v) is 5.29. The maximum atomic E-state index is 12.3. The highest BCUT2D eigenvalue weighted by molar-refractivity contribution is 7.09. The fourth-order valence-corrected chi connectivity index (χ4v) is 3.94. The van der Waals surface area contributed by atoms with Gasteiger partial charge < -0.3 is 14.8 Å². The molecule has 1 unspecified atom stereocenters. The zero-order chi connectivity index (χ0) is 17.6. The quantitative estimate of drug-likeness (QED) is 0.819. The number of methoxy groups -OCH3 is 2. The molecule has 1 atom stereocenters. The molecule has 0 spiro atoms. The lowest BCUT2D eigenvalue weighted by atomic mass is 10.2. The van der Waals surface area contributed by atoms with Crippen molar-refractivity contribution in [1.82, 2.24) is 9.88 Å². The molecule has 1 aromatic heterocycles. The second kappa shape index (κ2) is 8.31. The van der Waals surface area contributed by atoms with E-state index in [1.807, 2.05) is 11.6 Å². The summed E-state index contributed by atoms with van der Waals surface area (Å²) in [5, 5.41) is 6.08. The summed E-state index contributed by atoms with van der Waals surface area (Å²) in [5.74, 6) is 1.26. The van der Waals surface area contributed by atoms with Crippen LogP contribution in [-0.2, 0) is 4.79 Å². The summed E-state index contributed by atoms with van der Waals surface area (Å²) < 4.78 is 10.5. The topological polar surface area (TPSA) is 63.7 Å². The van der Waals surface area contributed by atoms with Crippen LogP contribution in [0.3, 0.4) is 0 Å². The number of thiazole rings is 1. The first kappa shape index (κ1) is 17.7. The molecule has 0 bridgehead atoms. The van der Waals surface area contributed by atoms with Gasteiger partial charge in [0.05, 0.1) is 25.9 Å². The Morgan fingerprint density at radius 1 is 1.40 bits per heavy atom. The predicted molar refractivity (Wildman–Crippen MR) is 98.5 cm³/mol. The number of anilines is 1. The molecule has 2 heterocycles. The molecule has 1 saturated heterocycles. The van der Waals surface area contributed by atoms with Crippen molar-refractivity contribution in [2.24, 2.45) is 0 Å². The number of nitrogens with one attached hydrogen (secondary N) is 1. The summed E-state index contributed by atoms with van der Waals surface area (Å²) in [5.41, 5.74) is 0.659. The smallest absolute Gasteiger partial charge is 0.225 e. The van der Waals surface area contributed by atoms with E-state index in [0.29, 0.717) is 29.6 Å². The SMILES string of the molecule is COc1ccc(NC(=O)CCN2CCCC2c2nccs2)c(OC)c1. The van der Waals surface area contributed by atoms with Crippen LogP contribution in [0.4, 0.5) is 5.69 Å². The molecule has 134 valence electrons. The molecule has 0 radical (unpaired) electrons. The van der Waals surface area contributed by atoms with E-state index in [9.17, 15) is 4.79 Å². The molecule has 2 aromatic rings. The number of benzene rings is 1. The van der Waals surface area contributed by atoms with Gasteiger partial charge in [0, 0.05) is 30.6 Å².